The van der Waals surface area contributed by atoms with Crippen LogP contribution in [0.3, 0.4) is 0 Å². The van der Waals surface area contributed by atoms with Crippen LogP contribution in [-0.4, -0.2) is 67.1 Å². The molecule has 0 bridgehead atoms. The van der Waals surface area contributed by atoms with Gasteiger partial charge in [-0.1, -0.05) is 89.0 Å². The van der Waals surface area contributed by atoms with E-state index in [0.29, 0.717) is 18.6 Å². The van der Waals surface area contributed by atoms with Gasteiger partial charge in [0.15, 0.2) is 5.60 Å². The van der Waals surface area contributed by atoms with Crippen LogP contribution in [0.5, 0.6) is 5.75 Å². The number of benzene rings is 1. The number of nitrogens with one attached hydrogen (secondary N) is 1. The van der Waals surface area contributed by atoms with E-state index in [1.54, 1.807) is 58.0 Å². The number of hydrogen-bond donors (Lipinski definition) is 2. The average molecular weight is 686 g/mol. The molecule has 3 atom stereocenters. The first-order valence-corrected chi connectivity index (χ1v) is 18.1. The molecule has 0 fully saturated rings. The smallest absolute Gasteiger partial charge is 0.339 e. The molecule has 0 aromatic heterocycles. The molecule has 49 heavy (non-hydrogen) atoms. The summed E-state index contributed by atoms with van der Waals surface area (Å²) in [5.41, 5.74) is -2.27. The maximum Gasteiger partial charge on any atom is 0.339 e. The Hall–Kier alpha value is -3.35. The molecule has 9 heteroatoms. The monoisotopic (exact) mass is 685 g/mol. The van der Waals surface area contributed by atoms with E-state index in [4.69, 9.17) is 18.9 Å². The van der Waals surface area contributed by atoms with Crippen molar-refractivity contribution in [2.24, 2.45) is 5.92 Å². The summed E-state index contributed by atoms with van der Waals surface area (Å²) in [7, 11) is 1.25. The summed E-state index contributed by atoms with van der Waals surface area (Å²) >= 11 is 0. The normalized spacial score (nSPS) is 13.9. The van der Waals surface area contributed by atoms with Crippen LogP contribution in [0.1, 0.15) is 124 Å². The van der Waals surface area contributed by atoms with E-state index in [2.05, 4.69) is 24.1 Å². The van der Waals surface area contributed by atoms with E-state index in [-0.39, 0.29) is 19.4 Å². The van der Waals surface area contributed by atoms with Gasteiger partial charge in [0.25, 0.3) is 0 Å². The number of rotatable bonds is 25. The van der Waals surface area contributed by atoms with Gasteiger partial charge in [0.2, 0.25) is 5.91 Å². The summed E-state index contributed by atoms with van der Waals surface area (Å²) < 4.78 is 21.9. The second-order valence-electron chi connectivity index (χ2n) is 13.5. The van der Waals surface area contributed by atoms with Crippen molar-refractivity contribution in [1.82, 2.24) is 5.32 Å². The minimum Gasteiger partial charge on any atom is -0.481 e. The number of carbonyl (C=O) groups is 3. The Labute approximate surface area is 295 Å². The van der Waals surface area contributed by atoms with Gasteiger partial charge in [-0.05, 0) is 77.5 Å². The molecule has 2 N–H and O–H groups in total. The Morgan fingerprint density at radius 2 is 1.55 bits per heavy atom. The maximum atomic E-state index is 13.9. The lowest BCUT2D eigenvalue weighted by molar-refractivity contribution is -0.184. The molecule has 9 nitrogen and oxygen atoms in total. The number of aliphatic hydroxyl groups is 1. The van der Waals surface area contributed by atoms with Crippen molar-refractivity contribution in [3.05, 3.63) is 42.0 Å². The summed E-state index contributed by atoms with van der Waals surface area (Å²) in [5, 5.41) is 14.6. The molecular formula is C40H63NO8. The zero-order chi connectivity index (χ0) is 36.5. The van der Waals surface area contributed by atoms with E-state index in [9.17, 15) is 19.5 Å². The zero-order valence-corrected chi connectivity index (χ0v) is 31.2. The molecule has 0 aliphatic rings. The molecule has 1 aromatic rings. The summed E-state index contributed by atoms with van der Waals surface area (Å²) in [6, 6.07) is 6.06. The van der Waals surface area contributed by atoms with E-state index in [0.717, 1.165) is 50.9 Å². The number of methoxy groups -OCH3 is 1. The molecule has 0 aliphatic carbocycles. The molecule has 0 aliphatic heterocycles. The number of unbranched alkanes of at least 4 members (excludes halogenated alkanes) is 8. The number of hydrogen-bond acceptors (Lipinski definition) is 8. The summed E-state index contributed by atoms with van der Waals surface area (Å²) in [5.74, 6) is 2.74. The van der Waals surface area contributed by atoms with Crippen LogP contribution in [-0.2, 0) is 35.0 Å². The average Bonchev–Trinajstić information content (AvgIpc) is 3.06. The minimum absolute atomic E-state index is 0.00426. The molecule has 0 heterocycles. The van der Waals surface area contributed by atoms with Crippen molar-refractivity contribution in [3.63, 3.8) is 0 Å². The number of allylic oxidation sites excluding steroid dienone is 1. The minimum atomic E-state index is -2.14. The molecule has 0 unspecified atom stereocenters. The summed E-state index contributed by atoms with van der Waals surface area (Å²) in [4.78, 5) is 40.2. The van der Waals surface area contributed by atoms with Gasteiger partial charge in [-0.3, -0.25) is 4.79 Å². The second kappa shape index (κ2) is 24.7. The fraction of sp³-hybridized carbons (Fsp3) is 0.675. The van der Waals surface area contributed by atoms with Crippen molar-refractivity contribution < 1.29 is 38.4 Å². The molecule has 1 rings (SSSR count). The standard InChI is InChI=1S/C40H63NO8/c1-8-11-13-17-20-28-47-29-21-18-15-14-16-19-22-34(40(45,27-10-3)38(44)49-39(4,5)6)36(42)41-35(37(43)46-7)31-32-23-25-33(26-24-32)48-30-12-9-2/h19,22-26,34-35,45H,8,10-11,13-18,20-21,27-31H2,1-7H3,(H,41,42)/b22-19+/t34-,35+,40+/m1/s1. The first-order valence-electron chi connectivity index (χ1n) is 18.1. The summed E-state index contributed by atoms with van der Waals surface area (Å²) in [6.45, 7) is 12.7. The Bertz CT molecular complexity index is 1180. The Morgan fingerprint density at radius 3 is 2.12 bits per heavy atom. The molecule has 0 saturated heterocycles. The Kier molecular flexibility index (Phi) is 22.0. The third-order valence-corrected chi connectivity index (χ3v) is 7.96. The van der Waals surface area contributed by atoms with Crippen molar-refractivity contribution in [1.29, 1.82) is 0 Å². The van der Waals surface area contributed by atoms with Gasteiger partial charge < -0.3 is 29.4 Å². The highest BCUT2D eigenvalue weighted by Crippen LogP contribution is 2.30. The van der Waals surface area contributed by atoms with Gasteiger partial charge in [0.05, 0.1) is 13.0 Å². The highest BCUT2D eigenvalue weighted by molar-refractivity contribution is 5.93. The molecule has 0 radical (unpaired) electrons. The lowest BCUT2D eigenvalue weighted by Crippen LogP contribution is -2.56. The van der Waals surface area contributed by atoms with Crippen LogP contribution < -0.4 is 10.1 Å². The fourth-order valence-electron chi connectivity index (χ4n) is 5.30. The Balaban J connectivity index is 3.00. The zero-order valence-electron chi connectivity index (χ0n) is 31.2. The van der Waals surface area contributed by atoms with Crippen LogP contribution in [0, 0.1) is 17.8 Å². The predicted molar refractivity (Wildman–Crippen MR) is 194 cm³/mol. The predicted octanol–water partition coefficient (Wildman–Crippen LogP) is 7.27. The first kappa shape index (κ1) is 43.7. The van der Waals surface area contributed by atoms with Crippen LogP contribution in [0.2, 0.25) is 0 Å². The van der Waals surface area contributed by atoms with Crippen molar-refractivity contribution >= 4 is 17.8 Å². The van der Waals surface area contributed by atoms with Gasteiger partial charge in [-0.15, -0.1) is 5.92 Å². The number of amides is 1. The summed E-state index contributed by atoms with van der Waals surface area (Å²) in [6.07, 6.45) is 14.7. The van der Waals surface area contributed by atoms with Gasteiger partial charge in [-0.25, -0.2) is 9.59 Å². The van der Waals surface area contributed by atoms with Gasteiger partial charge in [-0.2, -0.15) is 0 Å². The van der Waals surface area contributed by atoms with Crippen LogP contribution in [0.15, 0.2) is 36.4 Å². The van der Waals surface area contributed by atoms with E-state index < -0.39 is 41.0 Å². The molecular weight excluding hydrogens is 622 g/mol. The topological polar surface area (TPSA) is 120 Å². The lowest BCUT2D eigenvalue weighted by Gasteiger charge is -2.34. The quantitative estimate of drug-likeness (QED) is 0.0477. The van der Waals surface area contributed by atoms with E-state index in [1.807, 2.05) is 13.0 Å². The lowest BCUT2D eigenvalue weighted by atomic mass is 9.81. The van der Waals surface area contributed by atoms with Gasteiger partial charge >= 0.3 is 11.9 Å². The maximum absolute atomic E-state index is 13.9. The SMILES string of the molecule is CC#CCOc1ccc(C[C@H](NC(=O)[C@@H](/C=C/CCCCCCOCCCCCCC)[C@@](O)(CCC)C(=O)OC(C)(C)C)C(=O)OC)cc1. The third kappa shape index (κ3) is 18.3. The molecule has 1 amide bonds. The van der Waals surface area contributed by atoms with Crippen molar-refractivity contribution in [2.45, 2.75) is 142 Å². The molecule has 0 saturated carbocycles. The fourth-order valence-corrected chi connectivity index (χ4v) is 5.30. The van der Waals surface area contributed by atoms with Crippen molar-refractivity contribution in [3.8, 4) is 17.6 Å². The molecule has 1 aromatic carbocycles. The first-order chi connectivity index (χ1) is 23.4. The number of ether oxygens (including phenoxy) is 4. The number of esters is 2. The van der Waals surface area contributed by atoms with Crippen LogP contribution in [0.25, 0.3) is 0 Å². The number of carbonyl (C=O) groups excluding carboxylic acids is 3. The third-order valence-electron chi connectivity index (χ3n) is 7.96. The van der Waals surface area contributed by atoms with Crippen LogP contribution >= 0.6 is 0 Å². The van der Waals surface area contributed by atoms with Gasteiger partial charge in [0, 0.05) is 19.6 Å². The van der Waals surface area contributed by atoms with Gasteiger partial charge in [0.1, 0.15) is 24.0 Å². The van der Waals surface area contributed by atoms with Crippen molar-refractivity contribution in [2.75, 3.05) is 26.9 Å². The largest absolute Gasteiger partial charge is 0.481 e. The molecule has 0 spiro atoms. The highest BCUT2D eigenvalue weighted by atomic mass is 16.6. The van der Waals surface area contributed by atoms with E-state index >= 15 is 0 Å². The Morgan fingerprint density at radius 1 is 0.918 bits per heavy atom. The van der Waals surface area contributed by atoms with E-state index in [1.165, 1.54) is 32.8 Å². The second-order valence-corrected chi connectivity index (χ2v) is 13.5. The molecule has 276 valence electrons. The highest BCUT2D eigenvalue weighted by Gasteiger charge is 2.49. The van der Waals surface area contributed by atoms with Crippen LogP contribution in [0.4, 0.5) is 0 Å².